The lowest BCUT2D eigenvalue weighted by Crippen LogP contribution is -2.18. The SMILES string of the molecule is CN(c1cccc(/C(N)=N/O)c1)c1nc[nH]c(=O)c1Cl. The lowest BCUT2D eigenvalue weighted by Gasteiger charge is -2.19. The Morgan fingerprint density at radius 3 is 3.00 bits per heavy atom. The minimum atomic E-state index is -0.420. The first-order valence-electron chi connectivity index (χ1n) is 5.59. The first kappa shape index (κ1) is 13.9. The number of nitrogens with one attached hydrogen (secondary N) is 1. The van der Waals surface area contributed by atoms with Crippen LogP contribution in [0.25, 0.3) is 0 Å². The fourth-order valence-corrected chi connectivity index (χ4v) is 1.89. The highest BCUT2D eigenvalue weighted by Crippen LogP contribution is 2.26. The molecule has 0 atom stereocenters. The fraction of sp³-hybridized carbons (Fsp3) is 0.0833. The molecule has 7 nitrogen and oxygen atoms in total. The molecule has 0 saturated heterocycles. The van der Waals surface area contributed by atoms with Crippen LogP contribution in [0.15, 0.2) is 40.5 Å². The van der Waals surface area contributed by atoms with Crippen LogP contribution < -0.4 is 16.2 Å². The fourth-order valence-electron chi connectivity index (χ4n) is 1.66. The van der Waals surface area contributed by atoms with Gasteiger partial charge in [-0.3, -0.25) is 4.79 Å². The van der Waals surface area contributed by atoms with Gasteiger partial charge in [-0.2, -0.15) is 0 Å². The third-order valence-electron chi connectivity index (χ3n) is 2.73. The largest absolute Gasteiger partial charge is 0.409 e. The molecule has 0 unspecified atom stereocenters. The van der Waals surface area contributed by atoms with Crippen LogP contribution >= 0.6 is 11.6 Å². The predicted molar refractivity (Wildman–Crippen MR) is 76.9 cm³/mol. The number of anilines is 2. The Labute approximate surface area is 119 Å². The highest BCUT2D eigenvalue weighted by atomic mass is 35.5. The third-order valence-corrected chi connectivity index (χ3v) is 3.07. The molecule has 0 spiro atoms. The van der Waals surface area contributed by atoms with E-state index < -0.39 is 5.56 Å². The summed E-state index contributed by atoms with van der Waals surface area (Å²) in [5, 5.41) is 11.6. The Bertz CT molecular complexity index is 713. The number of hydrogen-bond donors (Lipinski definition) is 3. The Morgan fingerprint density at radius 2 is 2.30 bits per heavy atom. The molecule has 20 heavy (non-hydrogen) atoms. The van der Waals surface area contributed by atoms with E-state index in [-0.39, 0.29) is 10.9 Å². The number of rotatable bonds is 3. The summed E-state index contributed by atoms with van der Waals surface area (Å²) in [6, 6.07) is 6.90. The van der Waals surface area contributed by atoms with Gasteiger partial charge in [0.25, 0.3) is 5.56 Å². The maximum atomic E-state index is 11.5. The molecule has 0 radical (unpaired) electrons. The minimum Gasteiger partial charge on any atom is -0.409 e. The van der Waals surface area contributed by atoms with Crippen molar-refractivity contribution in [3.05, 3.63) is 51.5 Å². The second-order valence-electron chi connectivity index (χ2n) is 3.96. The van der Waals surface area contributed by atoms with E-state index in [2.05, 4.69) is 15.1 Å². The molecule has 4 N–H and O–H groups in total. The number of aromatic nitrogens is 2. The van der Waals surface area contributed by atoms with E-state index in [0.29, 0.717) is 17.1 Å². The van der Waals surface area contributed by atoms with Gasteiger partial charge in [0, 0.05) is 18.3 Å². The summed E-state index contributed by atoms with van der Waals surface area (Å²) >= 11 is 5.93. The van der Waals surface area contributed by atoms with Crippen LogP contribution in [0, 0.1) is 0 Å². The molecular formula is C12H12ClN5O2. The van der Waals surface area contributed by atoms with Crippen LogP contribution in [-0.4, -0.2) is 28.1 Å². The van der Waals surface area contributed by atoms with Crippen molar-refractivity contribution >= 4 is 28.9 Å². The van der Waals surface area contributed by atoms with Gasteiger partial charge in [0.2, 0.25) is 0 Å². The summed E-state index contributed by atoms with van der Waals surface area (Å²) < 4.78 is 0. The Hall–Kier alpha value is -2.54. The molecule has 0 aliphatic carbocycles. The van der Waals surface area contributed by atoms with Crippen LogP contribution in [0.3, 0.4) is 0 Å². The molecule has 0 fully saturated rings. The number of halogens is 1. The number of oxime groups is 1. The normalized spacial score (nSPS) is 11.4. The Balaban J connectivity index is 2.46. The monoisotopic (exact) mass is 293 g/mol. The second kappa shape index (κ2) is 5.62. The zero-order chi connectivity index (χ0) is 14.7. The molecule has 0 saturated carbocycles. The Kier molecular flexibility index (Phi) is 3.90. The number of nitrogens with zero attached hydrogens (tertiary/aromatic N) is 3. The quantitative estimate of drug-likeness (QED) is 0.342. The number of H-pyrrole nitrogens is 1. The molecule has 0 bridgehead atoms. The first-order valence-corrected chi connectivity index (χ1v) is 5.97. The first-order chi connectivity index (χ1) is 9.54. The summed E-state index contributed by atoms with van der Waals surface area (Å²) in [4.78, 5) is 19.5. The third kappa shape index (κ3) is 2.57. The van der Waals surface area contributed by atoms with Gasteiger partial charge in [-0.05, 0) is 12.1 Å². The standard InChI is InChI=1S/C12H12ClN5O2/c1-18(11-9(13)12(19)16-6-15-11)8-4-2-3-7(5-8)10(14)17-20/h2-6,20H,1H3,(H2,14,17)(H,15,16,19). The van der Waals surface area contributed by atoms with Gasteiger partial charge >= 0.3 is 0 Å². The molecule has 1 aromatic carbocycles. The molecule has 1 heterocycles. The minimum absolute atomic E-state index is 0.00906. The molecule has 1 aromatic heterocycles. The molecule has 2 aromatic rings. The lowest BCUT2D eigenvalue weighted by atomic mass is 10.2. The van der Waals surface area contributed by atoms with Gasteiger partial charge in [-0.15, -0.1) is 0 Å². The van der Waals surface area contributed by atoms with Crippen molar-refractivity contribution in [2.75, 3.05) is 11.9 Å². The molecule has 0 aliphatic heterocycles. The maximum absolute atomic E-state index is 11.5. The van der Waals surface area contributed by atoms with E-state index in [1.165, 1.54) is 6.33 Å². The molecule has 104 valence electrons. The summed E-state index contributed by atoms with van der Waals surface area (Å²) in [7, 11) is 1.71. The van der Waals surface area contributed by atoms with Crippen LogP contribution in [0.1, 0.15) is 5.56 Å². The lowest BCUT2D eigenvalue weighted by molar-refractivity contribution is 0.318. The van der Waals surface area contributed by atoms with Gasteiger partial charge in [0.1, 0.15) is 5.02 Å². The van der Waals surface area contributed by atoms with Crippen molar-refractivity contribution in [2.45, 2.75) is 0 Å². The van der Waals surface area contributed by atoms with Gasteiger partial charge in [-0.25, -0.2) is 4.98 Å². The number of nitrogens with two attached hydrogens (primary N) is 1. The highest BCUT2D eigenvalue weighted by Gasteiger charge is 2.13. The van der Waals surface area contributed by atoms with E-state index >= 15 is 0 Å². The van der Waals surface area contributed by atoms with Crippen molar-refractivity contribution < 1.29 is 5.21 Å². The number of hydrogen-bond acceptors (Lipinski definition) is 5. The van der Waals surface area contributed by atoms with Gasteiger partial charge in [0.15, 0.2) is 11.7 Å². The maximum Gasteiger partial charge on any atom is 0.271 e. The Morgan fingerprint density at radius 1 is 1.55 bits per heavy atom. The summed E-state index contributed by atoms with van der Waals surface area (Å²) in [5.41, 5.74) is 6.35. The van der Waals surface area contributed by atoms with Gasteiger partial charge in [-0.1, -0.05) is 28.9 Å². The van der Waals surface area contributed by atoms with Gasteiger partial charge < -0.3 is 20.8 Å². The van der Waals surface area contributed by atoms with Crippen LogP contribution in [0.4, 0.5) is 11.5 Å². The average molecular weight is 294 g/mol. The zero-order valence-corrected chi connectivity index (χ0v) is 11.3. The molecule has 2 rings (SSSR count). The summed E-state index contributed by atoms with van der Waals surface area (Å²) in [5.74, 6) is 0.303. The van der Waals surface area contributed by atoms with E-state index in [0.717, 1.165) is 0 Å². The molecule has 8 heteroatoms. The number of benzene rings is 1. The second-order valence-corrected chi connectivity index (χ2v) is 4.34. The number of amidine groups is 1. The topological polar surface area (TPSA) is 108 Å². The number of aromatic amines is 1. The van der Waals surface area contributed by atoms with Crippen molar-refractivity contribution in [2.24, 2.45) is 10.9 Å². The average Bonchev–Trinajstić information content (AvgIpc) is 2.48. The predicted octanol–water partition coefficient (Wildman–Crippen LogP) is 1.29. The zero-order valence-electron chi connectivity index (χ0n) is 10.5. The highest BCUT2D eigenvalue weighted by molar-refractivity contribution is 6.32. The molecular weight excluding hydrogens is 282 g/mol. The van der Waals surface area contributed by atoms with Crippen molar-refractivity contribution in [1.82, 2.24) is 9.97 Å². The summed E-state index contributed by atoms with van der Waals surface area (Å²) in [6.07, 6.45) is 1.27. The van der Waals surface area contributed by atoms with Crippen LogP contribution in [0.5, 0.6) is 0 Å². The van der Waals surface area contributed by atoms with Crippen LogP contribution in [-0.2, 0) is 0 Å². The van der Waals surface area contributed by atoms with Crippen molar-refractivity contribution in [3.8, 4) is 0 Å². The van der Waals surface area contributed by atoms with E-state index in [1.807, 2.05) is 0 Å². The van der Waals surface area contributed by atoms with Crippen molar-refractivity contribution in [3.63, 3.8) is 0 Å². The van der Waals surface area contributed by atoms with E-state index in [9.17, 15) is 4.79 Å². The molecule has 0 aliphatic rings. The smallest absolute Gasteiger partial charge is 0.271 e. The van der Waals surface area contributed by atoms with E-state index in [1.54, 1.807) is 36.2 Å². The van der Waals surface area contributed by atoms with Crippen LogP contribution in [0.2, 0.25) is 5.02 Å². The summed E-state index contributed by atoms with van der Waals surface area (Å²) in [6.45, 7) is 0. The molecule has 0 amide bonds. The van der Waals surface area contributed by atoms with Gasteiger partial charge in [0.05, 0.1) is 6.33 Å². The van der Waals surface area contributed by atoms with E-state index in [4.69, 9.17) is 22.5 Å². The van der Waals surface area contributed by atoms with Crippen molar-refractivity contribution in [1.29, 1.82) is 0 Å².